The molecule has 0 spiro atoms. The molecular formula is C17H12N4O2. The van der Waals surface area contributed by atoms with E-state index < -0.39 is 0 Å². The number of nitriles is 1. The number of carbonyl (C=O) groups is 1. The smallest absolute Gasteiger partial charge is 0.217 e. The summed E-state index contributed by atoms with van der Waals surface area (Å²) < 4.78 is 7.28. The molecule has 2 heterocycles. The fraction of sp³-hybridized carbons (Fsp3) is 0.0588. The SMILES string of the molecule is N#Cc1ccc(-n2nc(C=O)cc2OCc2cccnc2)cc1. The average Bonchev–Trinajstić information content (AvgIpc) is 3.04. The number of aldehydes is 1. The van der Waals surface area contributed by atoms with Gasteiger partial charge < -0.3 is 4.74 Å². The van der Waals surface area contributed by atoms with E-state index in [1.54, 1.807) is 42.7 Å². The maximum atomic E-state index is 11.0. The summed E-state index contributed by atoms with van der Waals surface area (Å²) in [6.45, 7) is 0.314. The fourth-order valence-electron chi connectivity index (χ4n) is 2.04. The Balaban J connectivity index is 1.88. The minimum absolute atomic E-state index is 0.274. The molecule has 0 saturated heterocycles. The van der Waals surface area contributed by atoms with Crippen molar-refractivity contribution in [3.8, 4) is 17.6 Å². The van der Waals surface area contributed by atoms with Gasteiger partial charge in [-0.15, -0.1) is 0 Å². The maximum Gasteiger partial charge on any atom is 0.217 e. The lowest BCUT2D eigenvalue weighted by Crippen LogP contribution is -2.03. The van der Waals surface area contributed by atoms with Crippen LogP contribution in [0.5, 0.6) is 5.88 Å². The molecule has 0 radical (unpaired) electrons. The summed E-state index contributed by atoms with van der Waals surface area (Å²) >= 11 is 0. The Labute approximate surface area is 132 Å². The first-order chi connectivity index (χ1) is 11.3. The van der Waals surface area contributed by atoms with Gasteiger partial charge in [-0.25, -0.2) is 4.68 Å². The number of benzene rings is 1. The van der Waals surface area contributed by atoms with Crippen molar-refractivity contribution in [2.24, 2.45) is 0 Å². The van der Waals surface area contributed by atoms with Crippen molar-refractivity contribution in [3.05, 3.63) is 71.7 Å². The van der Waals surface area contributed by atoms with Crippen molar-refractivity contribution in [1.29, 1.82) is 5.26 Å². The zero-order valence-corrected chi connectivity index (χ0v) is 12.1. The summed E-state index contributed by atoms with van der Waals surface area (Å²) in [6.07, 6.45) is 4.06. The minimum Gasteiger partial charge on any atom is -0.473 e. The van der Waals surface area contributed by atoms with Gasteiger partial charge in [0, 0.05) is 24.0 Å². The van der Waals surface area contributed by atoms with Gasteiger partial charge in [-0.2, -0.15) is 10.4 Å². The van der Waals surface area contributed by atoms with Crippen molar-refractivity contribution in [2.45, 2.75) is 6.61 Å². The van der Waals surface area contributed by atoms with Crippen molar-refractivity contribution in [2.75, 3.05) is 0 Å². The molecule has 2 aromatic heterocycles. The van der Waals surface area contributed by atoms with Crippen LogP contribution in [0.3, 0.4) is 0 Å². The lowest BCUT2D eigenvalue weighted by Gasteiger charge is -2.09. The summed E-state index contributed by atoms with van der Waals surface area (Å²) in [5.41, 5.74) is 2.44. The minimum atomic E-state index is 0.274. The second-order valence-corrected chi connectivity index (χ2v) is 4.75. The molecule has 0 aliphatic carbocycles. The molecule has 23 heavy (non-hydrogen) atoms. The molecule has 0 unspecified atom stereocenters. The van der Waals surface area contributed by atoms with E-state index in [1.165, 1.54) is 4.68 Å². The van der Waals surface area contributed by atoms with Gasteiger partial charge in [0.25, 0.3) is 0 Å². The number of nitrogens with zero attached hydrogens (tertiary/aromatic N) is 4. The van der Waals surface area contributed by atoms with Crippen molar-refractivity contribution >= 4 is 6.29 Å². The molecule has 0 saturated carbocycles. The van der Waals surface area contributed by atoms with E-state index in [2.05, 4.69) is 16.2 Å². The first kappa shape index (κ1) is 14.5. The average molecular weight is 304 g/mol. The third kappa shape index (κ3) is 3.24. The standard InChI is InChI=1S/C17H12N4O2/c18-9-13-3-5-16(6-4-13)21-17(8-15(11-22)20-21)23-12-14-2-1-7-19-10-14/h1-8,10-11H,12H2. The van der Waals surface area contributed by atoms with Gasteiger partial charge in [-0.05, 0) is 30.3 Å². The number of ether oxygens (including phenoxy) is 1. The highest BCUT2D eigenvalue weighted by atomic mass is 16.5. The van der Waals surface area contributed by atoms with Crippen LogP contribution in [-0.4, -0.2) is 21.1 Å². The van der Waals surface area contributed by atoms with Gasteiger partial charge in [0.1, 0.15) is 12.3 Å². The van der Waals surface area contributed by atoms with E-state index in [1.807, 2.05) is 12.1 Å². The Kier molecular flexibility index (Phi) is 4.11. The van der Waals surface area contributed by atoms with E-state index in [0.717, 1.165) is 5.56 Å². The van der Waals surface area contributed by atoms with E-state index in [0.29, 0.717) is 30.0 Å². The molecule has 0 amide bonds. The quantitative estimate of drug-likeness (QED) is 0.677. The van der Waals surface area contributed by atoms with Crippen LogP contribution in [0.4, 0.5) is 0 Å². The van der Waals surface area contributed by atoms with Crippen LogP contribution < -0.4 is 4.74 Å². The molecule has 3 rings (SSSR count). The molecule has 0 bridgehead atoms. The van der Waals surface area contributed by atoms with Gasteiger partial charge >= 0.3 is 0 Å². The number of hydrogen-bond donors (Lipinski definition) is 0. The monoisotopic (exact) mass is 304 g/mol. The predicted octanol–water partition coefficient (Wildman–Crippen LogP) is 2.53. The number of carbonyl (C=O) groups excluding carboxylic acids is 1. The summed E-state index contributed by atoms with van der Waals surface area (Å²) in [5, 5.41) is 13.0. The van der Waals surface area contributed by atoms with Crippen molar-refractivity contribution in [1.82, 2.24) is 14.8 Å². The molecule has 1 aromatic carbocycles. The van der Waals surface area contributed by atoms with Gasteiger partial charge in [-0.3, -0.25) is 9.78 Å². The Morgan fingerprint density at radius 2 is 2.09 bits per heavy atom. The molecular weight excluding hydrogens is 292 g/mol. The van der Waals surface area contributed by atoms with Crippen LogP contribution in [0.25, 0.3) is 5.69 Å². The Morgan fingerprint density at radius 3 is 2.74 bits per heavy atom. The van der Waals surface area contributed by atoms with Crippen LogP contribution in [0, 0.1) is 11.3 Å². The van der Waals surface area contributed by atoms with Crippen molar-refractivity contribution in [3.63, 3.8) is 0 Å². The fourth-order valence-corrected chi connectivity index (χ4v) is 2.04. The van der Waals surface area contributed by atoms with Crippen molar-refractivity contribution < 1.29 is 9.53 Å². The lowest BCUT2D eigenvalue weighted by molar-refractivity contribution is 0.111. The largest absolute Gasteiger partial charge is 0.473 e. The van der Waals surface area contributed by atoms with E-state index in [9.17, 15) is 4.79 Å². The first-order valence-corrected chi connectivity index (χ1v) is 6.87. The second kappa shape index (κ2) is 6.54. The van der Waals surface area contributed by atoms with Crippen LogP contribution in [-0.2, 0) is 6.61 Å². The van der Waals surface area contributed by atoms with Gasteiger partial charge in [0.15, 0.2) is 6.29 Å². The van der Waals surface area contributed by atoms with Gasteiger partial charge in [-0.1, -0.05) is 6.07 Å². The molecule has 0 aliphatic rings. The molecule has 3 aromatic rings. The number of aromatic nitrogens is 3. The van der Waals surface area contributed by atoms with Crippen LogP contribution >= 0.6 is 0 Å². The molecule has 0 N–H and O–H groups in total. The molecule has 0 atom stereocenters. The third-order valence-electron chi connectivity index (χ3n) is 3.17. The van der Waals surface area contributed by atoms with Crippen LogP contribution in [0.1, 0.15) is 21.6 Å². The molecule has 0 fully saturated rings. The predicted molar refractivity (Wildman–Crippen MR) is 82.2 cm³/mol. The number of hydrogen-bond acceptors (Lipinski definition) is 5. The Hall–Kier alpha value is -3.46. The summed E-state index contributed by atoms with van der Waals surface area (Å²) in [6, 6.07) is 14.2. The van der Waals surface area contributed by atoms with Crippen LogP contribution in [0.2, 0.25) is 0 Å². The number of pyridine rings is 1. The highest BCUT2D eigenvalue weighted by molar-refractivity contribution is 5.72. The number of rotatable bonds is 5. The van der Waals surface area contributed by atoms with E-state index >= 15 is 0 Å². The Morgan fingerprint density at radius 1 is 1.26 bits per heavy atom. The zero-order chi connectivity index (χ0) is 16.1. The van der Waals surface area contributed by atoms with E-state index in [4.69, 9.17) is 10.00 Å². The Bertz CT molecular complexity index is 849. The zero-order valence-electron chi connectivity index (χ0n) is 12.1. The normalized spacial score (nSPS) is 10.0. The summed E-state index contributed by atoms with van der Waals surface area (Å²) in [5.74, 6) is 0.445. The first-order valence-electron chi connectivity index (χ1n) is 6.87. The highest BCUT2D eigenvalue weighted by Crippen LogP contribution is 2.20. The highest BCUT2D eigenvalue weighted by Gasteiger charge is 2.11. The molecule has 6 nitrogen and oxygen atoms in total. The van der Waals surface area contributed by atoms with Crippen LogP contribution in [0.15, 0.2) is 54.9 Å². The van der Waals surface area contributed by atoms with E-state index in [-0.39, 0.29) is 5.69 Å². The third-order valence-corrected chi connectivity index (χ3v) is 3.17. The lowest BCUT2D eigenvalue weighted by atomic mass is 10.2. The molecule has 0 aliphatic heterocycles. The van der Waals surface area contributed by atoms with Gasteiger partial charge in [0.05, 0.1) is 17.3 Å². The molecule has 6 heteroatoms. The van der Waals surface area contributed by atoms with Gasteiger partial charge in [0.2, 0.25) is 5.88 Å². The summed E-state index contributed by atoms with van der Waals surface area (Å²) in [7, 11) is 0. The molecule has 112 valence electrons. The summed E-state index contributed by atoms with van der Waals surface area (Å²) in [4.78, 5) is 15.0. The topological polar surface area (TPSA) is 80.8 Å². The second-order valence-electron chi connectivity index (χ2n) is 4.75. The maximum absolute atomic E-state index is 11.0.